The van der Waals surface area contributed by atoms with Crippen molar-refractivity contribution in [2.45, 2.75) is 30.4 Å². The Balaban J connectivity index is 2.20. The van der Waals surface area contributed by atoms with Gasteiger partial charge in [0.2, 0.25) is 0 Å². The lowest BCUT2D eigenvalue weighted by Gasteiger charge is -2.19. The fourth-order valence-corrected chi connectivity index (χ4v) is 3.97. The van der Waals surface area contributed by atoms with Crippen molar-refractivity contribution in [1.29, 1.82) is 0 Å². The van der Waals surface area contributed by atoms with Gasteiger partial charge in [-0.05, 0) is 54.3 Å². The summed E-state index contributed by atoms with van der Waals surface area (Å²) in [7, 11) is 1.40. The van der Waals surface area contributed by atoms with Crippen LogP contribution >= 0.6 is 27.7 Å². The van der Waals surface area contributed by atoms with Crippen molar-refractivity contribution in [2.24, 2.45) is 5.92 Å². The van der Waals surface area contributed by atoms with E-state index < -0.39 is 0 Å². The Morgan fingerprint density at radius 1 is 1.09 bits per heavy atom. The summed E-state index contributed by atoms with van der Waals surface area (Å²) < 4.78 is 5.85. The number of thioether (sulfide) groups is 1. The first-order valence-corrected chi connectivity index (χ1v) is 9.27. The van der Waals surface area contributed by atoms with Crippen molar-refractivity contribution in [3.8, 4) is 0 Å². The Morgan fingerprint density at radius 3 is 2.22 bits per heavy atom. The first-order valence-electron chi connectivity index (χ1n) is 7.60. The third kappa shape index (κ3) is 5.40. The molecule has 1 unspecified atom stereocenters. The lowest BCUT2D eigenvalue weighted by Crippen LogP contribution is -2.03. The molecule has 0 aromatic heterocycles. The Hall–Kier alpha value is -1.26. The van der Waals surface area contributed by atoms with Crippen molar-refractivity contribution in [3.63, 3.8) is 0 Å². The van der Waals surface area contributed by atoms with E-state index in [4.69, 9.17) is 4.74 Å². The van der Waals surface area contributed by atoms with Crippen LogP contribution in [0, 0.1) is 5.92 Å². The van der Waals surface area contributed by atoms with Crippen LogP contribution < -0.4 is 0 Å². The molecule has 1 atom stereocenters. The maximum atomic E-state index is 11.6. The number of hydrogen-bond acceptors (Lipinski definition) is 3. The summed E-state index contributed by atoms with van der Waals surface area (Å²) in [6, 6.07) is 16.1. The molecule has 0 aliphatic heterocycles. The summed E-state index contributed by atoms with van der Waals surface area (Å²) in [6.07, 6.45) is 1.08. The predicted octanol–water partition coefficient (Wildman–Crippen LogP) is 6.12. The van der Waals surface area contributed by atoms with E-state index in [2.05, 4.69) is 54.0 Å². The van der Waals surface area contributed by atoms with Crippen LogP contribution in [0.1, 0.15) is 41.4 Å². The molecule has 0 N–H and O–H groups in total. The molecule has 2 rings (SSSR count). The van der Waals surface area contributed by atoms with E-state index in [1.54, 1.807) is 0 Å². The highest BCUT2D eigenvalue weighted by atomic mass is 79.9. The number of methoxy groups -OCH3 is 1. The van der Waals surface area contributed by atoms with Gasteiger partial charge in [0, 0.05) is 14.6 Å². The Bertz CT molecular complexity index is 635. The lowest BCUT2D eigenvalue weighted by atomic mass is 10.0. The molecule has 2 nitrogen and oxygen atoms in total. The maximum absolute atomic E-state index is 11.6. The minimum Gasteiger partial charge on any atom is -0.465 e. The van der Waals surface area contributed by atoms with Crippen LogP contribution in [0.3, 0.4) is 0 Å². The maximum Gasteiger partial charge on any atom is 0.337 e. The monoisotopic (exact) mass is 392 g/mol. The van der Waals surface area contributed by atoms with Crippen molar-refractivity contribution in [3.05, 3.63) is 64.1 Å². The second-order valence-electron chi connectivity index (χ2n) is 5.80. The Labute approximate surface area is 150 Å². The average molecular weight is 393 g/mol. The molecular weight excluding hydrogens is 372 g/mol. The van der Waals surface area contributed by atoms with Gasteiger partial charge in [-0.1, -0.05) is 41.9 Å². The van der Waals surface area contributed by atoms with Gasteiger partial charge in [-0.25, -0.2) is 4.79 Å². The summed E-state index contributed by atoms with van der Waals surface area (Å²) >= 11 is 5.33. The highest BCUT2D eigenvalue weighted by Gasteiger charge is 2.16. The average Bonchev–Trinajstić information content (AvgIpc) is 2.55. The zero-order valence-electron chi connectivity index (χ0n) is 13.6. The quantitative estimate of drug-likeness (QED) is 0.437. The van der Waals surface area contributed by atoms with E-state index in [1.807, 2.05) is 36.0 Å². The lowest BCUT2D eigenvalue weighted by molar-refractivity contribution is 0.0600. The zero-order valence-corrected chi connectivity index (χ0v) is 16.0. The molecule has 2 aromatic carbocycles. The highest BCUT2D eigenvalue weighted by Crippen LogP contribution is 2.40. The molecule has 23 heavy (non-hydrogen) atoms. The van der Waals surface area contributed by atoms with Gasteiger partial charge in [0.25, 0.3) is 0 Å². The minimum atomic E-state index is -0.294. The van der Waals surface area contributed by atoms with E-state index >= 15 is 0 Å². The number of carbonyl (C=O) groups excluding carboxylic acids is 1. The van der Waals surface area contributed by atoms with Crippen LogP contribution in [0.2, 0.25) is 0 Å². The number of halogens is 1. The second-order valence-corrected chi connectivity index (χ2v) is 8.00. The standard InChI is InChI=1S/C19H21BrO2S/c1-13(2)12-18(23-17-10-8-16(20)9-11-17)14-4-6-15(7-5-14)19(21)22-3/h4-11,13,18H,12H2,1-3H3. The van der Waals surface area contributed by atoms with Gasteiger partial charge in [0.15, 0.2) is 0 Å². The van der Waals surface area contributed by atoms with Gasteiger partial charge in [0.05, 0.1) is 12.7 Å². The molecule has 0 radical (unpaired) electrons. The number of carbonyl (C=O) groups is 1. The summed E-state index contributed by atoms with van der Waals surface area (Å²) in [4.78, 5) is 12.8. The van der Waals surface area contributed by atoms with Crippen molar-refractivity contribution >= 4 is 33.7 Å². The van der Waals surface area contributed by atoms with Gasteiger partial charge in [0.1, 0.15) is 0 Å². The number of rotatable bonds is 6. The Morgan fingerprint density at radius 2 is 1.70 bits per heavy atom. The normalized spacial score (nSPS) is 12.2. The number of benzene rings is 2. The fraction of sp³-hybridized carbons (Fsp3) is 0.316. The van der Waals surface area contributed by atoms with Crippen LogP contribution in [0.5, 0.6) is 0 Å². The number of hydrogen-bond donors (Lipinski definition) is 0. The molecule has 2 aromatic rings. The predicted molar refractivity (Wildman–Crippen MR) is 100.0 cm³/mol. The molecule has 0 aliphatic rings. The van der Waals surface area contributed by atoms with Gasteiger partial charge in [-0.15, -0.1) is 11.8 Å². The van der Waals surface area contributed by atoms with Crippen LogP contribution in [0.15, 0.2) is 57.9 Å². The molecule has 0 aliphatic carbocycles. The molecule has 0 saturated carbocycles. The summed E-state index contributed by atoms with van der Waals surface area (Å²) in [5.74, 6) is 0.306. The molecule has 0 heterocycles. The Kier molecular flexibility index (Phi) is 6.72. The zero-order chi connectivity index (χ0) is 16.8. The van der Waals surface area contributed by atoms with E-state index in [-0.39, 0.29) is 5.97 Å². The molecule has 0 fully saturated rings. The smallest absolute Gasteiger partial charge is 0.337 e. The SMILES string of the molecule is COC(=O)c1ccc(C(CC(C)C)Sc2ccc(Br)cc2)cc1. The van der Waals surface area contributed by atoms with Crippen molar-refractivity contribution in [1.82, 2.24) is 0 Å². The van der Waals surface area contributed by atoms with Gasteiger partial charge < -0.3 is 4.74 Å². The van der Waals surface area contributed by atoms with E-state index in [0.717, 1.165) is 10.9 Å². The van der Waals surface area contributed by atoms with Gasteiger partial charge in [-0.2, -0.15) is 0 Å². The molecule has 4 heteroatoms. The highest BCUT2D eigenvalue weighted by molar-refractivity contribution is 9.10. The topological polar surface area (TPSA) is 26.3 Å². The molecule has 122 valence electrons. The summed E-state index contributed by atoms with van der Waals surface area (Å²) in [5.41, 5.74) is 1.83. The van der Waals surface area contributed by atoms with E-state index in [1.165, 1.54) is 17.6 Å². The molecule has 0 spiro atoms. The van der Waals surface area contributed by atoms with E-state index in [9.17, 15) is 4.79 Å². The van der Waals surface area contributed by atoms with Gasteiger partial charge in [-0.3, -0.25) is 0 Å². The summed E-state index contributed by atoms with van der Waals surface area (Å²) in [6.45, 7) is 4.47. The first kappa shape index (κ1) is 18.1. The molecule has 0 saturated heterocycles. The molecule has 0 amide bonds. The minimum absolute atomic E-state index is 0.294. The van der Waals surface area contributed by atoms with Crippen LogP contribution in [-0.2, 0) is 4.74 Å². The largest absolute Gasteiger partial charge is 0.465 e. The number of ether oxygens (including phenoxy) is 1. The van der Waals surface area contributed by atoms with Crippen LogP contribution in [-0.4, -0.2) is 13.1 Å². The molecule has 0 bridgehead atoms. The number of esters is 1. The third-order valence-electron chi connectivity index (χ3n) is 3.48. The second kappa shape index (κ2) is 8.55. The molecular formula is C19H21BrO2S. The van der Waals surface area contributed by atoms with E-state index in [0.29, 0.717) is 16.7 Å². The summed E-state index contributed by atoms with van der Waals surface area (Å²) in [5, 5.41) is 0.364. The van der Waals surface area contributed by atoms with Crippen molar-refractivity contribution < 1.29 is 9.53 Å². The third-order valence-corrected chi connectivity index (χ3v) is 5.30. The fourth-order valence-electron chi connectivity index (χ4n) is 2.31. The van der Waals surface area contributed by atoms with Crippen LogP contribution in [0.25, 0.3) is 0 Å². The van der Waals surface area contributed by atoms with Crippen LogP contribution in [0.4, 0.5) is 0 Å². The van der Waals surface area contributed by atoms with Crippen molar-refractivity contribution in [2.75, 3.05) is 7.11 Å². The van der Waals surface area contributed by atoms with Gasteiger partial charge >= 0.3 is 5.97 Å². The first-order chi connectivity index (χ1) is 11.0.